The van der Waals surface area contributed by atoms with Crippen LogP contribution in [0.4, 0.5) is 11.4 Å². The first-order valence-electron chi connectivity index (χ1n) is 8.83. The lowest BCUT2D eigenvalue weighted by molar-refractivity contribution is -0.120. The van der Waals surface area contributed by atoms with Crippen molar-refractivity contribution in [1.29, 1.82) is 0 Å². The molecule has 1 aliphatic rings. The molecule has 0 radical (unpaired) electrons. The maximum absolute atomic E-state index is 13.3. The highest BCUT2D eigenvalue weighted by atomic mass is 35.5. The van der Waals surface area contributed by atoms with Gasteiger partial charge in [0.05, 0.1) is 11.3 Å². The third-order valence-electron chi connectivity index (χ3n) is 4.64. The Bertz CT molecular complexity index is 1090. The number of benzene rings is 3. The Hall–Kier alpha value is -3.37. The van der Waals surface area contributed by atoms with Crippen LogP contribution in [0.2, 0.25) is 5.02 Å². The summed E-state index contributed by atoms with van der Waals surface area (Å²) < 4.78 is 0. The third kappa shape index (κ3) is 3.19. The summed E-state index contributed by atoms with van der Waals surface area (Å²) in [5.41, 5.74) is 3.51. The van der Waals surface area contributed by atoms with Crippen LogP contribution in [0.3, 0.4) is 0 Å². The van der Waals surface area contributed by atoms with Crippen LogP contribution in [-0.4, -0.2) is 11.8 Å². The molecule has 0 aliphatic carbocycles. The van der Waals surface area contributed by atoms with Crippen LogP contribution in [-0.2, 0) is 9.59 Å². The number of carbonyl (C=O) groups is 2. The number of para-hydroxylation sites is 2. The number of carbonyl (C=O) groups excluding carboxylic acids is 2. The summed E-state index contributed by atoms with van der Waals surface area (Å²) in [6.07, 6.45) is 0. The molecule has 5 heteroatoms. The number of hydrogen-bond donors (Lipinski definition) is 1. The van der Waals surface area contributed by atoms with Crippen molar-refractivity contribution >= 4 is 40.4 Å². The first-order chi connectivity index (χ1) is 13.6. The zero-order valence-corrected chi connectivity index (χ0v) is 15.9. The SMILES string of the molecule is Cc1ccccc1NC1=C(c2ccc(Cl)cc2)C(=O)N(c2ccccc2)C1=O. The highest BCUT2D eigenvalue weighted by molar-refractivity contribution is 6.46. The average molecular weight is 389 g/mol. The standard InChI is InChI=1S/C23H17ClN2O2/c1-15-7-5-6-10-19(15)25-21-20(16-11-13-17(24)14-12-16)22(27)26(23(21)28)18-8-3-2-4-9-18/h2-14,25H,1H3. The fourth-order valence-electron chi connectivity index (χ4n) is 3.19. The smallest absolute Gasteiger partial charge is 0.282 e. The molecule has 4 nitrogen and oxygen atoms in total. The lowest BCUT2D eigenvalue weighted by Crippen LogP contribution is -2.32. The topological polar surface area (TPSA) is 49.4 Å². The number of anilines is 2. The molecule has 0 saturated carbocycles. The van der Waals surface area contributed by atoms with E-state index in [-0.39, 0.29) is 17.5 Å². The van der Waals surface area contributed by atoms with Gasteiger partial charge in [0.25, 0.3) is 11.8 Å². The average Bonchev–Trinajstić information content (AvgIpc) is 2.95. The maximum Gasteiger partial charge on any atom is 0.282 e. The van der Waals surface area contributed by atoms with Gasteiger partial charge in [-0.15, -0.1) is 0 Å². The first kappa shape index (κ1) is 18.0. The van der Waals surface area contributed by atoms with E-state index in [2.05, 4.69) is 5.32 Å². The van der Waals surface area contributed by atoms with Gasteiger partial charge in [-0.05, 0) is 48.4 Å². The van der Waals surface area contributed by atoms with E-state index < -0.39 is 0 Å². The van der Waals surface area contributed by atoms with Crippen LogP contribution in [0.1, 0.15) is 11.1 Å². The van der Waals surface area contributed by atoms with Gasteiger partial charge in [-0.1, -0.05) is 60.1 Å². The molecule has 0 spiro atoms. The van der Waals surface area contributed by atoms with Crippen LogP contribution in [0.25, 0.3) is 5.57 Å². The molecular formula is C23H17ClN2O2. The summed E-state index contributed by atoms with van der Waals surface area (Å²) in [5.74, 6) is -0.751. The summed E-state index contributed by atoms with van der Waals surface area (Å²) in [6, 6.07) is 23.5. The largest absolute Gasteiger partial charge is 0.350 e. The normalized spacial score (nSPS) is 14.0. The molecule has 4 rings (SSSR count). The number of amides is 2. The quantitative estimate of drug-likeness (QED) is 0.636. The monoisotopic (exact) mass is 388 g/mol. The highest BCUT2D eigenvalue weighted by Gasteiger charge is 2.40. The number of aryl methyl sites for hydroxylation is 1. The van der Waals surface area contributed by atoms with Gasteiger partial charge in [0.1, 0.15) is 5.70 Å². The second-order valence-corrected chi connectivity index (χ2v) is 6.91. The molecule has 3 aromatic rings. The van der Waals surface area contributed by atoms with Gasteiger partial charge in [-0.25, -0.2) is 4.90 Å². The van der Waals surface area contributed by atoms with E-state index >= 15 is 0 Å². The summed E-state index contributed by atoms with van der Waals surface area (Å²) in [4.78, 5) is 27.7. The van der Waals surface area contributed by atoms with Crippen molar-refractivity contribution in [3.8, 4) is 0 Å². The molecular weight excluding hydrogens is 372 g/mol. The zero-order valence-electron chi connectivity index (χ0n) is 15.1. The van der Waals surface area contributed by atoms with E-state index in [9.17, 15) is 9.59 Å². The van der Waals surface area contributed by atoms with Crippen LogP contribution in [0, 0.1) is 6.92 Å². The Balaban J connectivity index is 1.84. The Morgan fingerprint density at radius 3 is 2.11 bits per heavy atom. The van der Waals surface area contributed by atoms with Crippen molar-refractivity contribution < 1.29 is 9.59 Å². The number of imide groups is 1. The van der Waals surface area contributed by atoms with E-state index in [0.717, 1.165) is 11.3 Å². The number of halogens is 1. The molecule has 0 aromatic heterocycles. The fourth-order valence-corrected chi connectivity index (χ4v) is 3.32. The van der Waals surface area contributed by atoms with Gasteiger partial charge in [-0.3, -0.25) is 9.59 Å². The molecule has 3 aromatic carbocycles. The van der Waals surface area contributed by atoms with Crippen LogP contribution in [0.5, 0.6) is 0 Å². The summed E-state index contributed by atoms with van der Waals surface area (Å²) in [6.45, 7) is 1.95. The minimum absolute atomic E-state index is 0.255. The van der Waals surface area contributed by atoms with Gasteiger partial charge >= 0.3 is 0 Å². The van der Waals surface area contributed by atoms with E-state index in [0.29, 0.717) is 21.8 Å². The maximum atomic E-state index is 13.3. The van der Waals surface area contributed by atoms with Gasteiger partial charge in [0.2, 0.25) is 0 Å². The minimum Gasteiger partial charge on any atom is -0.350 e. The van der Waals surface area contributed by atoms with E-state index in [1.807, 2.05) is 37.3 Å². The summed E-state index contributed by atoms with van der Waals surface area (Å²) >= 11 is 6.00. The highest BCUT2D eigenvalue weighted by Crippen LogP contribution is 2.34. The number of nitrogens with zero attached hydrogens (tertiary/aromatic N) is 1. The van der Waals surface area contributed by atoms with E-state index in [4.69, 9.17) is 11.6 Å². The van der Waals surface area contributed by atoms with Crippen LogP contribution in [0.15, 0.2) is 84.6 Å². The molecule has 138 valence electrons. The molecule has 1 aliphatic heterocycles. The molecule has 1 N–H and O–H groups in total. The van der Waals surface area contributed by atoms with Crippen LogP contribution >= 0.6 is 11.6 Å². The van der Waals surface area contributed by atoms with Crippen molar-refractivity contribution in [2.45, 2.75) is 6.92 Å². The summed E-state index contributed by atoms with van der Waals surface area (Å²) in [5, 5.41) is 3.75. The molecule has 2 amide bonds. The van der Waals surface area contributed by atoms with E-state index in [1.165, 1.54) is 4.90 Å². The van der Waals surface area contributed by atoms with Gasteiger partial charge in [0.15, 0.2) is 0 Å². The Morgan fingerprint density at radius 2 is 1.43 bits per heavy atom. The molecule has 0 saturated heterocycles. The predicted octanol–water partition coefficient (Wildman–Crippen LogP) is 5.05. The Labute approximate surface area is 168 Å². The second-order valence-electron chi connectivity index (χ2n) is 6.48. The van der Waals surface area contributed by atoms with Crippen molar-refractivity contribution in [1.82, 2.24) is 0 Å². The third-order valence-corrected chi connectivity index (χ3v) is 4.89. The van der Waals surface area contributed by atoms with Gasteiger partial charge < -0.3 is 5.32 Å². The number of rotatable bonds is 4. The molecule has 1 heterocycles. The molecule has 0 atom stereocenters. The van der Waals surface area contributed by atoms with Crippen molar-refractivity contribution in [3.05, 3.63) is 101 Å². The van der Waals surface area contributed by atoms with Crippen molar-refractivity contribution in [2.24, 2.45) is 0 Å². The Kier molecular flexibility index (Phi) is 4.72. The zero-order chi connectivity index (χ0) is 19.7. The predicted molar refractivity (Wildman–Crippen MR) is 112 cm³/mol. The van der Waals surface area contributed by atoms with Crippen LogP contribution < -0.4 is 10.2 Å². The number of hydrogen-bond acceptors (Lipinski definition) is 3. The van der Waals surface area contributed by atoms with Crippen molar-refractivity contribution in [3.63, 3.8) is 0 Å². The lowest BCUT2D eigenvalue weighted by atomic mass is 10.0. The molecule has 0 bridgehead atoms. The van der Waals surface area contributed by atoms with Gasteiger partial charge in [-0.2, -0.15) is 0 Å². The van der Waals surface area contributed by atoms with E-state index in [1.54, 1.807) is 48.5 Å². The van der Waals surface area contributed by atoms with Crippen molar-refractivity contribution in [2.75, 3.05) is 10.2 Å². The number of nitrogens with one attached hydrogen (secondary N) is 1. The Morgan fingerprint density at radius 1 is 0.786 bits per heavy atom. The second kappa shape index (κ2) is 7.33. The molecule has 0 unspecified atom stereocenters. The summed E-state index contributed by atoms with van der Waals surface area (Å²) in [7, 11) is 0. The first-order valence-corrected chi connectivity index (χ1v) is 9.21. The lowest BCUT2D eigenvalue weighted by Gasteiger charge is -2.15. The van der Waals surface area contributed by atoms with Gasteiger partial charge in [0, 0.05) is 10.7 Å². The fraction of sp³-hybridized carbons (Fsp3) is 0.0435. The molecule has 0 fully saturated rings. The molecule has 28 heavy (non-hydrogen) atoms. The minimum atomic E-state index is -0.385.